The van der Waals surface area contributed by atoms with Crippen LogP contribution in [0.25, 0.3) is 0 Å². The van der Waals surface area contributed by atoms with Crippen LogP contribution in [0, 0.1) is 20.8 Å². The van der Waals surface area contributed by atoms with Gasteiger partial charge in [-0.3, -0.25) is 9.69 Å². The summed E-state index contributed by atoms with van der Waals surface area (Å²) >= 11 is 0. The molecule has 1 aliphatic heterocycles. The highest BCUT2D eigenvalue weighted by molar-refractivity contribution is 6.12. The monoisotopic (exact) mass is 282 g/mol. The summed E-state index contributed by atoms with van der Waals surface area (Å²) in [5.41, 5.74) is 5.20. The van der Waals surface area contributed by atoms with Crippen molar-refractivity contribution in [3.63, 3.8) is 0 Å². The summed E-state index contributed by atoms with van der Waals surface area (Å²) in [6, 6.07) is 11.3. The van der Waals surface area contributed by atoms with Gasteiger partial charge in [0.25, 0.3) is 5.91 Å². The van der Waals surface area contributed by atoms with E-state index in [9.17, 15) is 9.90 Å². The van der Waals surface area contributed by atoms with Crippen molar-refractivity contribution in [2.24, 2.45) is 0 Å². The molecule has 0 bridgehead atoms. The number of hydrogen-bond donors (Lipinski definition) is 2. The van der Waals surface area contributed by atoms with Crippen LogP contribution in [0.4, 0.5) is 11.4 Å². The van der Waals surface area contributed by atoms with E-state index in [1.165, 1.54) is 4.90 Å². The number of aliphatic hydroxyl groups excluding tert-OH is 1. The molecule has 0 spiro atoms. The van der Waals surface area contributed by atoms with Crippen LogP contribution in [0.5, 0.6) is 0 Å². The zero-order valence-corrected chi connectivity index (χ0v) is 12.3. The Balaban J connectivity index is 2.06. The maximum absolute atomic E-state index is 12.7. The summed E-state index contributed by atoms with van der Waals surface area (Å²) in [5.74, 6) is -0.191. The van der Waals surface area contributed by atoms with Gasteiger partial charge in [-0.15, -0.1) is 0 Å². The molecule has 2 aromatic carbocycles. The summed E-state index contributed by atoms with van der Waals surface area (Å²) in [6.45, 7) is 5.95. The van der Waals surface area contributed by atoms with Gasteiger partial charge in [0.15, 0.2) is 0 Å². The predicted octanol–water partition coefficient (Wildman–Crippen LogP) is 2.96. The number of nitrogens with one attached hydrogen (secondary N) is 1. The third-order valence-corrected chi connectivity index (χ3v) is 3.92. The van der Waals surface area contributed by atoms with E-state index in [2.05, 4.69) is 5.32 Å². The van der Waals surface area contributed by atoms with E-state index in [0.29, 0.717) is 16.9 Å². The van der Waals surface area contributed by atoms with Gasteiger partial charge in [0.2, 0.25) is 6.35 Å². The Morgan fingerprint density at radius 2 is 1.67 bits per heavy atom. The first-order valence-electron chi connectivity index (χ1n) is 6.93. The summed E-state index contributed by atoms with van der Waals surface area (Å²) in [5, 5.41) is 13.2. The minimum atomic E-state index is -1.06. The molecule has 0 fully saturated rings. The second kappa shape index (κ2) is 4.90. The van der Waals surface area contributed by atoms with E-state index in [1.54, 1.807) is 0 Å². The van der Waals surface area contributed by atoms with Crippen LogP contribution >= 0.6 is 0 Å². The molecule has 3 rings (SSSR count). The second-order valence-corrected chi connectivity index (χ2v) is 5.51. The minimum Gasteiger partial charge on any atom is -0.356 e. The van der Waals surface area contributed by atoms with Crippen LogP contribution < -0.4 is 10.2 Å². The van der Waals surface area contributed by atoms with Crippen molar-refractivity contribution < 1.29 is 9.90 Å². The summed E-state index contributed by atoms with van der Waals surface area (Å²) < 4.78 is 0. The van der Waals surface area contributed by atoms with Crippen LogP contribution in [-0.4, -0.2) is 17.4 Å². The van der Waals surface area contributed by atoms with Crippen molar-refractivity contribution in [3.8, 4) is 0 Å². The van der Waals surface area contributed by atoms with Crippen LogP contribution in [0.15, 0.2) is 36.4 Å². The molecule has 4 heteroatoms. The van der Waals surface area contributed by atoms with Crippen molar-refractivity contribution >= 4 is 17.3 Å². The standard InChI is InChI=1S/C17H18N2O2/c1-10-4-6-13(7-5-10)19-16(20)14-8-11(2)12(3)9-15(14)18-17(19)21/h4-9,17-18,21H,1-3H3. The summed E-state index contributed by atoms with van der Waals surface area (Å²) in [6.07, 6.45) is -1.06. The van der Waals surface area contributed by atoms with Gasteiger partial charge in [0, 0.05) is 5.69 Å². The number of carbonyl (C=O) groups is 1. The zero-order chi connectivity index (χ0) is 15.1. The molecular formula is C17H18N2O2. The molecule has 2 aromatic rings. The molecule has 1 amide bonds. The van der Waals surface area contributed by atoms with Gasteiger partial charge in [-0.1, -0.05) is 17.7 Å². The van der Waals surface area contributed by atoms with Crippen LogP contribution in [-0.2, 0) is 0 Å². The lowest BCUT2D eigenvalue weighted by atomic mass is 10.0. The van der Waals surface area contributed by atoms with Gasteiger partial charge in [-0.2, -0.15) is 0 Å². The van der Waals surface area contributed by atoms with Crippen molar-refractivity contribution in [3.05, 3.63) is 58.7 Å². The van der Waals surface area contributed by atoms with E-state index in [-0.39, 0.29) is 5.91 Å². The van der Waals surface area contributed by atoms with E-state index in [0.717, 1.165) is 16.7 Å². The predicted molar refractivity (Wildman–Crippen MR) is 83.5 cm³/mol. The molecule has 0 aromatic heterocycles. The molecule has 1 atom stereocenters. The number of carbonyl (C=O) groups excluding carboxylic acids is 1. The first-order valence-corrected chi connectivity index (χ1v) is 6.93. The third-order valence-electron chi connectivity index (χ3n) is 3.92. The molecule has 2 N–H and O–H groups in total. The fourth-order valence-electron chi connectivity index (χ4n) is 2.52. The van der Waals surface area contributed by atoms with E-state index in [1.807, 2.05) is 57.2 Å². The second-order valence-electron chi connectivity index (χ2n) is 5.51. The highest BCUT2D eigenvalue weighted by atomic mass is 16.3. The van der Waals surface area contributed by atoms with Gasteiger partial charge in [0.05, 0.1) is 11.3 Å². The highest BCUT2D eigenvalue weighted by Crippen LogP contribution is 2.30. The van der Waals surface area contributed by atoms with Gasteiger partial charge in [-0.25, -0.2) is 0 Å². The molecule has 1 unspecified atom stereocenters. The first kappa shape index (κ1) is 13.6. The quantitative estimate of drug-likeness (QED) is 0.845. The molecular weight excluding hydrogens is 264 g/mol. The maximum atomic E-state index is 12.7. The molecule has 4 nitrogen and oxygen atoms in total. The van der Waals surface area contributed by atoms with Gasteiger partial charge < -0.3 is 10.4 Å². The molecule has 21 heavy (non-hydrogen) atoms. The Bertz CT molecular complexity index is 707. The van der Waals surface area contributed by atoms with Crippen LogP contribution in [0.1, 0.15) is 27.0 Å². The zero-order valence-electron chi connectivity index (χ0n) is 12.3. The topological polar surface area (TPSA) is 52.6 Å². The number of benzene rings is 2. The largest absolute Gasteiger partial charge is 0.356 e. The molecule has 0 radical (unpaired) electrons. The SMILES string of the molecule is Cc1ccc(N2C(=O)c3cc(C)c(C)cc3NC2O)cc1. The van der Waals surface area contributed by atoms with Crippen LogP contribution in [0.3, 0.4) is 0 Å². The number of anilines is 2. The lowest BCUT2D eigenvalue weighted by molar-refractivity contribution is 0.0901. The number of aliphatic hydroxyl groups is 1. The Morgan fingerprint density at radius 3 is 2.33 bits per heavy atom. The van der Waals surface area contributed by atoms with Gasteiger partial charge in [0.1, 0.15) is 0 Å². The normalized spacial score (nSPS) is 17.4. The lowest BCUT2D eigenvalue weighted by Crippen LogP contribution is -2.49. The van der Waals surface area contributed by atoms with Crippen molar-refractivity contribution in [1.82, 2.24) is 0 Å². The Morgan fingerprint density at radius 1 is 1.05 bits per heavy atom. The smallest absolute Gasteiger partial charge is 0.263 e. The number of amides is 1. The molecule has 1 aliphatic rings. The van der Waals surface area contributed by atoms with Crippen LogP contribution in [0.2, 0.25) is 0 Å². The number of fused-ring (bicyclic) bond motifs is 1. The van der Waals surface area contributed by atoms with Gasteiger partial charge in [-0.05, 0) is 56.2 Å². The average molecular weight is 282 g/mol. The molecule has 0 saturated carbocycles. The van der Waals surface area contributed by atoms with Gasteiger partial charge >= 0.3 is 0 Å². The Labute approximate surface area is 124 Å². The van der Waals surface area contributed by atoms with Crippen molar-refractivity contribution in [2.45, 2.75) is 27.1 Å². The molecule has 1 heterocycles. The fourth-order valence-corrected chi connectivity index (χ4v) is 2.52. The number of nitrogens with zero attached hydrogens (tertiary/aromatic N) is 1. The number of rotatable bonds is 1. The Hall–Kier alpha value is -2.33. The number of aryl methyl sites for hydroxylation is 3. The summed E-state index contributed by atoms with van der Waals surface area (Å²) in [4.78, 5) is 14.1. The lowest BCUT2D eigenvalue weighted by Gasteiger charge is -2.35. The molecule has 0 saturated heterocycles. The van der Waals surface area contributed by atoms with E-state index in [4.69, 9.17) is 0 Å². The van der Waals surface area contributed by atoms with Crippen molar-refractivity contribution in [2.75, 3.05) is 10.2 Å². The van der Waals surface area contributed by atoms with E-state index >= 15 is 0 Å². The Kier molecular flexibility index (Phi) is 3.18. The average Bonchev–Trinajstić information content (AvgIpc) is 2.43. The highest BCUT2D eigenvalue weighted by Gasteiger charge is 2.32. The fraction of sp³-hybridized carbons (Fsp3) is 0.235. The summed E-state index contributed by atoms with van der Waals surface area (Å²) in [7, 11) is 0. The van der Waals surface area contributed by atoms with Crippen molar-refractivity contribution in [1.29, 1.82) is 0 Å². The maximum Gasteiger partial charge on any atom is 0.263 e. The third kappa shape index (κ3) is 2.28. The number of hydrogen-bond acceptors (Lipinski definition) is 3. The molecule has 0 aliphatic carbocycles. The van der Waals surface area contributed by atoms with E-state index < -0.39 is 6.35 Å². The minimum absolute atomic E-state index is 0.191. The molecule has 108 valence electrons. The first-order chi connectivity index (χ1) is 9.97.